The maximum absolute atomic E-state index is 12.0. The van der Waals surface area contributed by atoms with Gasteiger partial charge in [-0.25, -0.2) is 4.98 Å². The van der Waals surface area contributed by atoms with Crippen LogP contribution < -0.4 is 16.2 Å². The summed E-state index contributed by atoms with van der Waals surface area (Å²) in [6.07, 6.45) is 5.67. The Morgan fingerprint density at radius 1 is 1.50 bits per heavy atom. The average Bonchev–Trinajstić information content (AvgIpc) is 2.38. The Labute approximate surface area is 108 Å². The number of piperidine rings is 1. The lowest BCUT2D eigenvalue weighted by Crippen LogP contribution is -2.40. The van der Waals surface area contributed by atoms with Crippen molar-refractivity contribution in [3.05, 3.63) is 22.7 Å². The molecule has 5 nitrogen and oxygen atoms in total. The lowest BCUT2D eigenvalue weighted by atomic mass is 9.81. The molecule has 18 heavy (non-hydrogen) atoms. The van der Waals surface area contributed by atoms with Crippen LogP contribution in [0.25, 0.3) is 0 Å². The predicted octanol–water partition coefficient (Wildman–Crippen LogP) is 1.06. The SMILES string of the molecule is CCn1ccnc(NCC2(C)CCNCC2)c1=O. The Morgan fingerprint density at radius 2 is 2.22 bits per heavy atom. The summed E-state index contributed by atoms with van der Waals surface area (Å²) in [7, 11) is 0. The molecule has 1 aromatic heterocycles. The summed E-state index contributed by atoms with van der Waals surface area (Å²) in [6, 6.07) is 0. The van der Waals surface area contributed by atoms with Crippen molar-refractivity contribution in [2.75, 3.05) is 25.0 Å². The third-order valence-corrected chi connectivity index (χ3v) is 3.75. The highest BCUT2D eigenvalue weighted by atomic mass is 16.1. The van der Waals surface area contributed by atoms with Crippen LogP contribution in [0.5, 0.6) is 0 Å². The summed E-state index contributed by atoms with van der Waals surface area (Å²) in [4.78, 5) is 16.1. The number of hydrogen-bond donors (Lipinski definition) is 2. The fraction of sp³-hybridized carbons (Fsp3) is 0.692. The Kier molecular flexibility index (Phi) is 4.01. The van der Waals surface area contributed by atoms with Gasteiger partial charge < -0.3 is 15.2 Å². The van der Waals surface area contributed by atoms with Crippen LogP contribution in [0.15, 0.2) is 17.2 Å². The number of aryl methyl sites for hydroxylation is 1. The molecule has 100 valence electrons. The van der Waals surface area contributed by atoms with Crippen LogP contribution in [-0.2, 0) is 6.54 Å². The van der Waals surface area contributed by atoms with E-state index in [-0.39, 0.29) is 11.0 Å². The molecule has 0 aromatic carbocycles. The van der Waals surface area contributed by atoms with Gasteiger partial charge in [0, 0.05) is 25.5 Å². The van der Waals surface area contributed by atoms with E-state index >= 15 is 0 Å². The average molecular weight is 250 g/mol. The van der Waals surface area contributed by atoms with E-state index in [0.717, 1.165) is 32.5 Å². The Morgan fingerprint density at radius 3 is 2.89 bits per heavy atom. The molecule has 2 N–H and O–H groups in total. The molecular weight excluding hydrogens is 228 g/mol. The second-order valence-corrected chi connectivity index (χ2v) is 5.28. The van der Waals surface area contributed by atoms with E-state index in [9.17, 15) is 4.79 Å². The third-order valence-electron chi connectivity index (χ3n) is 3.75. The first-order valence-corrected chi connectivity index (χ1v) is 6.65. The smallest absolute Gasteiger partial charge is 0.293 e. The third kappa shape index (κ3) is 2.90. The molecule has 0 radical (unpaired) electrons. The summed E-state index contributed by atoms with van der Waals surface area (Å²) in [5.74, 6) is 0.471. The van der Waals surface area contributed by atoms with Gasteiger partial charge >= 0.3 is 0 Å². The summed E-state index contributed by atoms with van der Waals surface area (Å²) in [5.41, 5.74) is 0.226. The second-order valence-electron chi connectivity index (χ2n) is 5.28. The molecule has 0 aliphatic carbocycles. The van der Waals surface area contributed by atoms with E-state index in [1.54, 1.807) is 17.0 Å². The summed E-state index contributed by atoms with van der Waals surface area (Å²) < 4.78 is 1.67. The van der Waals surface area contributed by atoms with E-state index in [1.807, 2.05) is 6.92 Å². The Hall–Kier alpha value is -1.36. The van der Waals surface area contributed by atoms with Crippen molar-refractivity contribution < 1.29 is 0 Å². The van der Waals surface area contributed by atoms with Crippen molar-refractivity contribution in [2.24, 2.45) is 5.41 Å². The fourth-order valence-electron chi connectivity index (χ4n) is 2.32. The molecule has 1 aliphatic heterocycles. The van der Waals surface area contributed by atoms with Gasteiger partial charge in [0.1, 0.15) is 0 Å². The van der Waals surface area contributed by atoms with Crippen LogP contribution in [0.4, 0.5) is 5.82 Å². The quantitative estimate of drug-likeness (QED) is 0.839. The number of nitrogens with one attached hydrogen (secondary N) is 2. The maximum Gasteiger partial charge on any atom is 0.293 e. The zero-order chi connectivity index (χ0) is 13.0. The molecule has 0 amide bonds. The number of anilines is 1. The molecule has 2 heterocycles. The summed E-state index contributed by atoms with van der Waals surface area (Å²) in [5, 5.41) is 6.58. The first kappa shape index (κ1) is 13.1. The highest BCUT2D eigenvalue weighted by Gasteiger charge is 2.26. The molecule has 1 saturated heterocycles. The molecule has 0 saturated carbocycles. The van der Waals surface area contributed by atoms with Gasteiger partial charge in [-0.1, -0.05) is 6.92 Å². The Bertz CT molecular complexity index is 449. The lowest BCUT2D eigenvalue weighted by molar-refractivity contribution is 0.247. The normalized spacial score (nSPS) is 18.6. The van der Waals surface area contributed by atoms with Crippen molar-refractivity contribution in [3.63, 3.8) is 0 Å². The van der Waals surface area contributed by atoms with Gasteiger partial charge in [0.2, 0.25) is 0 Å². The van der Waals surface area contributed by atoms with Crippen molar-refractivity contribution >= 4 is 5.82 Å². The highest BCUT2D eigenvalue weighted by molar-refractivity contribution is 5.31. The van der Waals surface area contributed by atoms with Crippen LogP contribution >= 0.6 is 0 Å². The van der Waals surface area contributed by atoms with Gasteiger partial charge in [0.05, 0.1) is 0 Å². The van der Waals surface area contributed by atoms with Crippen LogP contribution in [0.2, 0.25) is 0 Å². The standard InChI is InChI=1S/C13H22N4O/c1-3-17-9-8-15-11(12(17)18)16-10-13(2)4-6-14-7-5-13/h8-9,14H,3-7,10H2,1-2H3,(H,15,16). The van der Waals surface area contributed by atoms with Crippen molar-refractivity contribution in [1.29, 1.82) is 0 Å². The van der Waals surface area contributed by atoms with Crippen LogP contribution in [-0.4, -0.2) is 29.2 Å². The zero-order valence-corrected chi connectivity index (χ0v) is 11.2. The summed E-state index contributed by atoms with van der Waals surface area (Å²) >= 11 is 0. The molecule has 0 atom stereocenters. The van der Waals surface area contributed by atoms with E-state index in [1.165, 1.54) is 0 Å². The van der Waals surface area contributed by atoms with E-state index in [0.29, 0.717) is 12.4 Å². The van der Waals surface area contributed by atoms with Crippen LogP contribution in [0, 0.1) is 5.41 Å². The largest absolute Gasteiger partial charge is 0.365 e. The lowest BCUT2D eigenvalue weighted by Gasteiger charge is -2.34. The molecule has 0 spiro atoms. The monoisotopic (exact) mass is 250 g/mol. The minimum atomic E-state index is -0.0301. The first-order chi connectivity index (χ1) is 8.64. The number of aromatic nitrogens is 2. The van der Waals surface area contributed by atoms with Crippen molar-refractivity contribution in [2.45, 2.75) is 33.2 Å². The molecule has 0 unspecified atom stereocenters. The zero-order valence-electron chi connectivity index (χ0n) is 11.2. The van der Waals surface area contributed by atoms with E-state index < -0.39 is 0 Å². The second kappa shape index (κ2) is 5.52. The van der Waals surface area contributed by atoms with Crippen molar-refractivity contribution in [3.8, 4) is 0 Å². The number of hydrogen-bond acceptors (Lipinski definition) is 4. The van der Waals surface area contributed by atoms with Gasteiger partial charge in [-0.15, -0.1) is 0 Å². The minimum Gasteiger partial charge on any atom is -0.365 e. The van der Waals surface area contributed by atoms with E-state index in [2.05, 4.69) is 22.5 Å². The molecule has 1 aliphatic rings. The van der Waals surface area contributed by atoms with Gasteiger partial charge in [-0.05, 0) is 38.3 Å². The van der Waals surface area contributed by atoms with Crippen LogP contribution in [0.1, 0.15) is 26.7 Å². The molecule has 2 rings (SSSR count). The highest BCUT2D eigenvalue weighted by Crippen LogP contribution is 2.27. The van der Waals surface area contributed by atoms with E-state index in [4.69, 9.17) is 0 Å². The minimum absolute atomic E-state index is 0.0301. The molecule has 1 aromatic rings. The molecular formula is C13H22N4O. The summed E-state index contributed by atoms with van der Waals surface area (Å²) in [6.45, 7) is 7.82. The molecule has 1 fully saturated rings. The fourth-order valence-corrected chi connectivity index (χ4v) is 2.32. The molecule has 0 bridgehead atoms. The number of nitrogens with zero attached hydrogens (tertiary/aromatic N) is 2. The number of rotatable bonds is 4. The first-order valence-electron chi connectivity index (χ1n) is 6.65. The van der Waals surface area contributed by atoms with Gasteiger partial charge in [-0.3, -0.25) is 4.79 Å². The van der Waals surface area contributed by atoms with Gasteiger partial charge in [-0.2, -0.15) is 0 Å². The van der Waals surface area contributed by atoms with Gasteiger partial charge in [0.15, 0.2) is 5.82 Å². The predicted molar refractivity (Wildman–Crippen MR) is 72.9 cm³/mol. The topological polar surface area (TPSA) is 59.0 Å². The van der Waals surface area contributed by atoms with Crippen molar-refractivity contribution in [1.82, 2.24) is 14.9 Å². The molecule has 5 heteroatoms. The maximum atomic E-state index is 12.0. The van der Waals surface area contributed by atoms with Crippen LogP contribution in [0.3, 0.4) is 0 Å². The van der Waals surface area contributed by atoms with Gasteiger partial charge in [0.25, 0.3) is 5.56 Å². The Balaban J connectivity index is 2.04.